The summed E-state index contributed by atoms with van der Waals surface area (Å²) in [6.45, 7) is 0. The lowest BCUT2D eigenvalue weighted by atomic mass is 9.89. The molecule has 4 heteroatoms. The first-order valence-corrected chi connectivity index (χ1v) is 6.88. The lowest BCUT2D eigenvalue weighted by Crippen LogP contribution is -2.36. The molecule has 21 heavy (non-hydrogen) atoms. The Bertz CT molecular complexity index is 682. The summed E-state index contributed by atoms with van der Waals surface area (Å²) in [6, 6.07) is 16.9. The fraction of sp³-hybridized carbons (Fsp3) is 0.176. The van der Waals surface area contributed by atoms with Gasteiger partial charge in [0.15, 0.2) is 0 Å². The van der Waals surface area contributed by atoms with Gasteiger partial charge in [0.25, 0.3) is 0 Å². The number of carbonyl (C=O) groups excluding carboxylic acids is 2. The zero-order valence-electron chi connectivity index (χ0n) is 11.7. The van der Waals surface area contributed by atoms with Gasteiger partial charge in [0.05, 0.1) is 5.92 Å². The number of hydrogen-bond acceptors (Lipinski definition) is 2. The van der Waals surface area contributed by atoms with E-state index in [9.17, 15) is 9.59 Å². The van der Waals surface area contributed by atoms with Crippen LogP contribution in [0.25, 0.3) is 0 Å². The minimum absolute atomic E-state index is 0.0662. The van der Waals surface area contributed by atoms with Crippen molar-refractivity contribution < 1.29 is 9.59 Å². The standard InChI is InChI=1S/C17H16N2O2/c1-19(12-7-3-2-4-8-12)17(21)14-11-16(20)18-15-10-6-5-9-13(14)15/h2-10,14H,11H2,1H3,(H,18,20). The van der Waals surface area contributed by atoms with Crippen LogP contribution in [0.3, 0.4) is 0 Å². The van der Waals surface area contributed by atoms with Crippen LogP contribution in [0.2, 0.25) is 0 Å². The zero-order chi connectivity index (χ0) is 14.8. The second kappa shape index (κ2) is 5.40. The van der Waals surface area contributed by atoms with Gasteiger partial charge < -0.3 is 10.2 Å². The van der Waals surface area contributed by atoms with Crippen molar-refractivity contribution in [2.45, 2.75) is 12.3 Å². The predicted octanol–water partition coefficient (Wildman–Crippen LogP) is 2.78. The molecule has 1 N–H and O–H groups in total. The van der Waals surface area contributed by atoms with Gasteiger partial charge in [-0.25, -0.2) is 0 Å². The first-order chi connectivity index (χ1) is 10.2. The molecule has 1 atom stereocenters. The maximum atomic E-state index is 12.8. The van der Waals surface area contributed by atoms with Crippen LogP contribution in [0.1, 0.15) is 17.9 Å². The number of fused-ring (bicyclic) bond motifs is 1. The summed E-state index contributed by atoms with van der Waals surface area (Å²) in [5.74, 6) is -0.614. The molecule has 0 aliphatic carbocycles. The Morgan fingerprint density at radius 3 is 2.52 bits per heavy atom. The summed E-state index contributed by atoms with van der Waals surface area (Å²) in [5, 5.41) is 2.81. The number of anilines is 2. The number of hydrogen-bond donors (Lipinski definition) is 1. The summed E-state index contributed by atoms with van der Waals surface area (Å²) >= 11 is 0. The Labute approximate surface area is 123 Å². The molecule has 2 aromatic carbocycles. The van der Waals surface area contributed by atoms with Gasteiger partial charge in [-0.05, 0) is 23.8 Å². The van der Waals surface area contributed by atoms with Crippen LogP contribution >= 0.6 is 0 Å². The number of para-hydroxylation sites is 2. The van der Waals surface area contributed by atoms with Crippen LogP contribution in [0.15, 0.2) is 54.6 Å². The van der Waals surface area contributed by atoms with Gasteiger partial charge in [0.2, 0.25) is 11.8 Å². The van der Waals surface area contributed by atoms with E-state index in [1.54, 1.807) is 11.9 Å². The topological polar surface area (TPSA) is 49.4 Å². The highest BCUT2D eigenvalue weighted by molar-refractivity contribution is 6.05. The second-order valence-corrected chi connectivity index (χ2v) is 5.12. The molecule has 0 spiro atoms. The molecule has 2 aromatic rings. The van der Waals surface area contributed by atoms with Gasteiger partial charge in [0.1, 0.15) is 0 Å². The molecule has 1 unspecified atom stereocenters. The third-order valence-electron chi connectivity index (χ3n) is 3.77. The van der Waals surface area contributed by atoms with Crippen molar-refractivity contribution in [2.24, 2.45) is 0 Å². The van der Waals surface area contributed by atoms with E-state index in [1.807, 2.05) is 54.6 Å². The van der Waals surface area contributed by atoms with Crippen molar-refractivity contribution in [1.82, 2.24) is 0 Å². The average molecular weight is 280 g/mol. The third-order valence-corrected chi connectivity index (χ3v) is 3.77. The molecule has 0 bridgehead atoms. The molecular formula is C17H16N2O2. The van der Waals surface area contributed by atoms with E-state index in [0.29, 0.717) is 0 Å². The van der Waals surface area contributed by atoms with E-state index in [-0.39, 0.29) is 18.2 Å². The summed E-state index contributed by atoms with van der Waals surface area (Å²) in [5.41, 5.74) is 2.43. The largest absolute Gasteiger partial charge is 0.326 e. The fourth-order valence-electron chi connectivity index (χ4n) is 2.64. The van der Waals surface area contributed by atoms with Crippen LogP contribution < -0.4 is 10.2 Å². The van der Waals surface area contributed by atoms with Crippen LogP contribution in [0.5, 0.6) is 0 Å². The van der Waals surface area contributed by atoms with Crippen molar-refractivity contribution >= 4 is 23.2 Å². The lowest BCUT2D eigenvalue weighted by Gasteiger charge is -2.28. The van der Waals surface area contributed by atoms with E-state index in [0.717, 1.165) is 16.9 Å². The maximum absolute atomic E-state index is 12.8. The predicted molar refractivity (Wildman–Crippen MR) is 82.3 cm³/mol. The monoisotopic (exact) mass is 280 g/mol. The number of benzene rings is 2. The van der Waals surface area contributed by atoms with Gasteiger partial charge in [0, 0.05) is 24.8 Å². The first kappa shape index (κ1) is 13.4. The zero-order valence-corrected chi connectivity index (χ0v) is 11.7. The number of nitrogens with one attached hydrogen (secondary N) is 1. The third kappa shape index (κ3) is 2.52. The Morgan fingerprint density at radius 1 is 1.10 bits per heavy atom. The second-order valence-electron chi connectivity index (χ2n) is 5.12. The van der Waals surface area contributed by atoms with Crippen LogP contribution in [-0.2, 0) is 9.59 Å². The molecule has 3 rings (SSSR count). The van der Waals surface area contributed by atoms with Crippen molar-refractivity contribution in [3.63, 3.8) is 0 Å². The molecule has 0 aromatic heterocycles. The molecule has 0 saturated heterocycles. The Morgan fingerprint density at radius 2 is 1.76 bits per heavy atom. The van der Waals surface area contributed by atoms with E-state index in [2.05, 4.69) is 5.32 Å². The quantitative estimate of drug-likeness (QED) is 0.919. The van der Waals surface area contributed by atoms with Gasteiger partial charge in [-0.2, -0.15) is 0 Å². The number of amides is 2. The highest BCUT2D eigenvalue weighted by Gasteiger charge is 2.32. The molecule has 1 heterocycles. The highest BCUT2D eigenvalue weighted by atomic mass is 16.2. The van der Waals surface area contributed by atoms with Crippen LogP contribution in [-0.4, -0.2) is 18.9 Å². The Hall–Kier alpha value is -2.62. The first-order valence-electron chi connectivity index (χ1n) is 6.88. The number of nitrogens with zero attached hydrogens (tertiary/aromatic N) is 1. The Balaban J connectivity index is 1.93. The van der Waals surface area contributed by atoms with Crippen molar-refractivity contribution in [3.8, 4) is 0 Å². The maximum Gasteiger partial charge on any atom is 0.234 e. The molecule has 1 aliphatic rings. The van der Waals surface area contributed by atoms with Crippen LogP contribution in [0.4, 0.5) is 11.4 Å². The number of carbonyl (C=O) groups is 2. The smallest absolute Gasteiger partial charge is 0.234 e. The molecular weight excluding hydrogens is 264 g/mol. The fourth-order valence-corrected chi connectivity index (χ4v) is 2.64. The van der Waals surface area contributed by atoms with Gasteiger partial charge >= 0.3 is 0 Å². The summed E-state index contributed by atoms with van der Waals surface area (Å²) in [4.78, 5) is 26.2. The molecule has 4 nitrogen and oxygen atoms in total. The number of likely N-dealkylation sites (N-methyl/N-ethyl adjacent to an activating group) is 1. The minimum atomic E-state index is -0.430. The Kier molecular flexibility index (Phi) is 3.44. The summed E-state index contributed by atoms with van der Waals surface area (Å²) in [7, 11) is 1.74. The van der Waals surface area contributed by atoms with Crippen molar-refractivity contribution in [3.05, 3.63) is 60.2 Å². The molecule has 0 saturated carbocycles. The molecule has 2 amide bonds. The molecule has 0 radical (unpaired) electrons. The van der Waals surface area contributed by atoms with Gasteiger partial charge in [-0.15, -0.1) is 0 Å². The van der Waals surface area contributed by atoms with E-state index < -0.39 is 5.92 Å². The molecule has 106 valence electrons. The summed E-state index contributed by atoms with van der Waals surface area (Å²) in [6.07, 6.45) is 0.188. The molecule has 1 aliphatic heterocycles. The van der Waals surface area contributed by atoms with E-state index in [1.165, 1.54) is 0 Å². The van der Waals surface area contributed by atoms with Gasteiger partial charge in [-0.3, -0.25) is 9.59 Å². The number of rotatable bonds is 2. The normalized spacial score (nSPS) is 16.8. The SMILES string of the molecule is CN(C(=O)C1CC(=O)Nc2ccccc21)c1ccccc1. The summed E-state index contributed by atoms with van der Waals surface area (Å²) < 4.78 is 0. The average Bonchev–Trinajstić information content (AvgIpc) is 2.53. The van der Waals surface area contributed by atoms with Crippen LogP contribution in [0, 0.1) is 0 Å². The van der Waals surface area contributed by atoms with Crippen molar-refractivity contribution in [1.29, 1.82) is 0 Å². The highest BCUT2D eigenvalue weighted by Crippen LogP contribution is 2.33. The van der Waals surface area contributed by atoms with E-state index >= 15 is 0 Å². The lowest BCUT2D eigenvalue weighted by molar-refractivity contribution is -0.124. The van der Waals surface area contributed by atoms with Gasteiger partial charge in [-0.1, -0.05) is 36.4 Å². The minimum Gasteiger partial charge on any atom is -0.326 e. The van der Waals surface area contributed by atoms with E-state index in [4.69, 9.17) is 0 Å². The van der Waals surface area contributed by atoms with Crippen molar-refractivity contribution in [2.75, 3.05) is 17.3 Å². The molecule has 0 fully saturated rings.